The minimum absolute atomic E-state index is 0.0163. The van der Waals surface area contributed by atoms with Crippen molar-refractivity contribution < 1.29 is 23.6 Å². The molecule has 168 valence electrons. The van der Waals surface area contributed by atoms with Crippen LogP contribution >= 0.6 is 0 Å². The predicted molar refractivity (Wildman–Crippen MR) is 118 cm³/mol. The van der Waals surface area contributed by atoms with Gasteiger partial charge in [0.1, 0.15) is 11.5 Å². The Balaban J connectivity index is 1.40. The number of hydrogen-bond acceptors (Lipinski definition) is 7. The molecule has 8 nitrogen and oxygen atoms in total. The number of piperidine rings is 1. The molecule has 2 aromatic heterocycles. The normalized spacial score (nSPS) is 16.9. The molecule has 3 rings (SSSR count). The van der Waals surface area contributed by atoms with E-state index >= 15 is 0 Å². The molecule has 1 atom stereocenters. The Morgan fingerprint density at radius 3 is 2.87 bits per heavy atom. The zero-order chi connectivity index (χ0) is 22.1. The fraction of sp³-hybridized carbons (Fsp3) is 0.455. The van der Waals surface area contributed by atoms with Crippen molar-refractivity contribution >= 4 is 16.7 Å². The van der Waals surface area contributed by atoms with E-state index < -0.39 is 10.8 Å². The monoisotopic (exact) mass is 447 g/mol. The average Bonchev–Trinajstić information content (AvgIpc) is 3.25. The summed E-state index contributed by atoms with van der Waals surface area (Å²) in [6, 6.07) is 5.69. The topological polar surface area (TPSA) is 116 Å². The van der Waals surface area contributed by atoms with E-state index in [-0.39, 0.29) is 35.8 Å². The third-order valence-corrected chi connectivity index (χ3v) is 6.30. The van der Waals surface area contributed by atoms with E-state index in [2.05, 4.69) is 15.2 Å². The maximum atomic E-state index is 12.0. The molecular formula is C22H29N3O5S. The van der Waals surface area contributed by atoms with Gasteiger partial charge >= 0.3 is 0 Å². The zero-order valence-corrected chi connectivity index (χ0v) is 18.2. The molecule has 1 aliphatic heterocycles. The van der Waals surface area contributed by atoms with Crippen LogP contribution in [0.25, 0.3) is 0 Å². The van der Waals surface area contributed by atoms with Gasteiger partial charge in [0, 0.05) is 54.3 Å². The number of nitrogens with one attached hydrogen (secondary N) is 1. The molecule has 1 fully saturated rings. The molecule has 0 saturated carbocycles. The molecule has 1 aliphatic rings. The molecule has 3 N–H and O–H groups in total. The van der Waals surface area contributed by atoms with Crippen LogP contribution in [0.5, 0.6) is 0 Å². The van der Waals surface area contributed by atoms with Crippen molar-refractivity contribution in [2.24, 2.45) is 0 Å². The smallest absolute Gasteiger partial charge is 0.233 e. The molecule has 9 heteroatoms. The second-order valence-corrected chi connectivity index (χ2v) is 9.16. The summed E-state index contributed by atoms with van der Waals surface area (Å²) in [5, 5.41) is 22.3. The maximum absolute atomic E-state index is 12.0. The fourth-order valence-electron chi connectivity index (χ4n) is 3.37. The summed E-state index contributed by atoms with van der Waals surface area (Å²) in [5.41, 5.74) is 2.75. The summed E-state index contributed by atoms with van der Waals surface area (Å²) in [5.74, 6) is -0.221. The van der Waals surface area contributed by atoms with Gasteiger partial charge in [0.2, 0.25) is 5.91 Å². The van der Waals surface area contributed by atoms with Crippen LogP contribution in [0, 0.1) is 0 Å². The van der Waals surface area contributed by atoms with Crippen LogP contribution < -0.4 is 5.32 Å². The molecule has 1 saturated heterocycles. The van der Waals surface area contributed by atoms with Crippen LogP contribution in [-0.4, -0.2) is 61.7 Å². The summed E-state index contributed by atoms with van der Waals surface area (Å²) >= 11 is 0. The van der Waals surface area contributed by atoms with Crippen molar-refractivity contribution in [2.75, 3.05) is 25.4 Å². The molecule has 0 aromatic carbocycles. The molecule has 0 spiro atoms. The van der Waals surface area contributed by atoms with Crippen LogP contribution in [0.1, 0.15) is 29.7 Å². The largest absolute Gasteiger partial charge is 0.511 e. The Bertz CT molecular complexity index is 892. The first-order chi connectivity index (χ1) is 15.0. The number of aliphatic hydroxyl groups excluding tert-OH is 2. The van der Waals surface area contributed by atoms with Crippen LogP contribution in [0.4, 0.5) is 0 Å². The van der Waals surface area contributed by atoms with E-state index in [0.717, 1.165) is 49.3 Å². The van der Waals surface area contributed by atoms with Crippen LogP contribution in [-0.2, 0) is 34.3 Å². The summed E-state index contributed by atoms with van der Waals surface area (Å²) in [6.07, 6.45) is 8.24. The van der Waals surface area contributed by atoms with Crippen molar-refractivity contribution in [3.8, 4) is 0 Å². The van der Waals surface area contributed by atoms with E-state index in [0.29, 0.717) is 6.42 Å². The molecule has 1 unspecified atom stereocenters. The molecule has 0 aliphatic carbocycles. The van der Waals surface area contributed by atoms with Gasteiger partial charge in [0.15, 0.2) is 0 Å². The molecule has 0 bridgehead atoms. The predicted octanol–water partition coefficient (Wildman–Crippen LogP) is 1.68. The Labute approximate surface area is 184 Å². The van der Waals surface area contributed by atoms with E-state index in [1.54, 1.807) is 18.3 Å². The molecule has 2 aromatic rings. The van der Waals surface area contributed by atoms with E-state index in [4.69, 9.17) is 4.42 Å². The lowest BCUT2D eigenvalue weighted by Gasteiger charge is -2.29. The van der Waals surface area contributed by atoms with Crippen LogP contribution in [0.15, 0.2) is 53.2 Å². The molecular weight excluding hydrogens is 418 g/mol. The van der Waals surface area contributed by atoms with Gasteiger partial charge in [0.05, 0.1) is 30.9 Å². The van der Waals surface area contributed by atoms with E-state index in [1.165, 1.54) is 12.5 Å². The second-order valence-electron chi connectivity index (χ2n) is 7.70. The standard InChI is InChI=1S/C22H29N3O5S/c26-20-4-8-25(9-5-20)13-17-3-7-23-19(11-17)1-2-21(27)12-24-22(28)16-31(29)15-18-6-10-30-14-18/h2-3,6-7,10-11,14,20,26-27H,1,4-5,8-9,12-13,15-16H2,(H,24,28). The number of nitrogens with zero attached hydrogens (tertiary/aromatic N) is 2. The number of carbonyl (C=O) groups excluding carboxylic acids is 1. The van der Waals surface area contributed by atoms with Gasteiger partial charge in [-0.25, -0.2) is 0 Å². The first-order valence-electron chi connectivity index (χ1n) is 10.3. The highest BCUT2D eigenvalue weighted by Gasteiger charge is 2.17. The van der Waals surface area contributed by atoms with Gasteiger partial charge in [-0.3, -0.25) is 18.9 Å². The Morgan fingerprint density at radius 1 is 1.32 bits per heavy atom. The Kier molecular flexibility index (Phi) is 8.81. The molecule has 3 heterocycles. The van der Waals surface area contributed by atoms with E-state index in [9.17, 15) is 19.2 Å². The minimum atomic E-state index is -1.34. The second kappa shape index (κ2) is 11.8. The van der Waals surface area contributed by atoms with Crippen molar-refractivity contribution in [3.63, 3.8) is 0 Å². The minimum Gasteiger partial charge on any atom is -0.511 e. The molecule has 0 radical (unpaired) electrons. The highest BCUT2D eigenvalue weighted by Crippen LogP contribution is 2.14. The molecule has 1 amide bonds. The maximum Gasteiger partial charge on any atom is 0.233 e. The first kappa shape index (κ1) is 23.2. The summed E-state index contributed by atoms with van der Waals surface area (Å²) in [7, 11) is -1.34. The first-order valence-corrected chi connectivity index (χ1v) is 11.8. The lowest BCUT2D eigenvalue weighted by Crippen LogP contribution is -2.35. The number of aromatic nitrogens is 1. The number of likely N-dealkylation sites (tertiary alicyclic amines) is 1. The number of pyridine rings is 1. The lowest BCUT2D eigenvalue weighted by atomic mass is 10.1. The SMILES string of the molecule is O=C(CS(=O)Cc1ccoc1)NCC(O)=CCc1cc(CN2CCC(O)CC2)ccn1. The zero-order valence-electron chi connectivity index (χ0n) is 17.4. The Hall–Kier alpha value is -2.49. The van der Waals surface area contributed by atoms with Crippen molar-refractivity contribution in [2.45, 2.75) is 37.7 Å². The van der Waals surface area contributed by atoms with Gasteiger partial charge in [-0.05, 0) is 42.7 Å². The van der Waals surface area contributed by atoms with Crippen molar-refractivity contribution in [1.29, 1.82) is 0 Å². The summed E-state index contributed by atoms with van der Waals surface area (Å²) < 4.78 is 16.9. The number of rotatable bonds is 10. The number of furan rings is 1. The highest BCUT2D eigenvalue weighted by molar-refractivity contribution is 7.84. The number of aliphatic hydroxyl groups is 2. The van der Waals surface area contributed by atoms with Gasteiger partial charge in [-0.1, -0.05) is 0 Å². The number of hydrogen-bond donors (Lipinski definition) is 3. The van der Waals surface area contributed by atoms with Gasteiger partial charge in [-0.2, -0.15) is 0 Å². The van der Waals surface area contributed by atoms with Crippen molar-refractivity contribution in [3.05, 3.63) is 65.6 Å². The Morgan fingerprint density at radius 2 is 2.13 bits per heavy atom. The fourth-order valence-corrected chi connectivity index (χ4v) is 4.40. The van der Waals surface area contributed by atoms with Crippen molar-refractivity contribution in [1.82, 2.24) is 15.2 Å². The molecule has 31 heavy (non-hydrogen) atoms. The number of allylic oxidation sites excluding steroid dienone is 1. The third-order valence-electron chi connectivity index (χ3n) is 5.06. The van der Waals surface area contributed by atoms with Gasteiger partial charge < -0.3 is 19.9 Å². The highest BCUT2D eigenvalue weighted by atomic mass is 32.2. The van der Waals surface area contributed by atoms with Crippen LogP contribution in [0.2, 0.25) is 0 Å². The number of carbonyl (C=O) groups is 1. The third kappa shape index (κ3) is 8.28. The number of amides is 1. The van der Waals surface area contributed by atoms with Gasteiger partial charge in [0.25, 0.3) is 0 Å². The summed E-state index contributed by atoms with van der Waals surface area (Å²) in [4.78, 5) is 18.6. The van der Waals surface area contributed by atoms with Crippen LogP contribution in [0.3, 0.4) is 0 Å². The quantitative estimate of drug-likeness (QED) is 0.475. The average molecular weight is 448 g/mol. The summed E-state index contributed by atoms with van der Waals surface area (Å²) in [6.45, 7) is 2.56. The van der Waals surface area contributed by atoms with E-state index in [1.807, 2.05) is 12.1 Å². The van der Waals surface area contributed by atoms with Gasteiger partial charge in [-0.15, -0.1) is 0 Å². The lowest BCUT2D eigenvalue weighted by molar-refractivity contribution is -0.118.